The van der Waals surface area contributed by atoms with Crippen molar-refractivity contribution in [3.8, 4) is 0 Å². The first-order chi connectivity index (χ1) is 9.13. The summed E-state index contributed by atoms with van der Waals surface area (Å²) in [5.74, 6) is -0.293. The second-order valence-electron chi connectivity index (χ2n) is 4.87. The van der Waals surface area contributed by atoms with Crippen molar-refractivity contribution in [3.05, 3.63) is 24.3 Å². The third kappa shape index (κ3) is 2.98. The van der Waals surface area contributed by atoms with Gasteiger partial charge in [0.2, 0.25) is 5.91 Å². The van der Waals surface area contributed by atoms with E-state index in [4.69, 9.17) is 5.73 Å². The third-order valence-electron chi connectivity index (χ3n) is 3.54. The van der Waals surface area contributed by atoms with Crippen LogP contribution in [0.1, 0.15) is 6.92 Å². The number of amides is 1. The highest BCUT2D eigenvalue weighted by Crippen LogP contribution is 2.31. The molecule has 1 aliphatic rings. The van der Waals surface area contributed by atoms with Gasteiger partial charge in [-0.25, -0.2) is 0 Å². The molecule has 0 aromatic heterocycles. The lowest BCUT2D eigenvalue weighted by Crippen LogP contribution is -2.51. The van der Waals surface area contributed by atoms with Crippen molar-refractivity contribution in [2.75, 3.05) is 43.0 Å². The Hall–Kier alpha value is -1.75. The fraction of sp³-hybridized carbons (Fsp3) is 0.500. The number of primary amides is 1. The van der Waals surface area contributed by atoms with Crippen LogP contribution in [-0.4, -0.2) is 45.2 Å². The molecule has 5 heteroatoms. The monoisotopic (exact) mass is 262 g/mol. The van der Waals surface area contributed by atoms with Gasteiger partial charge in [-0.2, -0.15) is 0 Å². The Labute approximate surface area is 114 Å². The van der Waals surface area contributed by atoms with Crippen LogP contribution in [0.25, 0.3) is 0 Å². The summed E-state index contributed by atoms with van der Waals surface area (Å²) in [5.41, 5.74) is 7.82. The largest absolute Gasteiger partial charge is 0.371 e. The lowest BCUT2D eigenvalue weighted by Gasteiger charge is -2.38. The van der Waals surface area contributed by atoms with Crippen molar-refractivity contribution in [2.24, 2.45) is 5.73 Å². The molecule has 1 unspecified atom stereocenters. The van der Waals surface area contributed by atoms with E-state index in [1.165, 1.54) is 11.4 Å². The lowest BCUT2D eigenvalue weighted by atomic mass is 10.1. The van der Waals surface area contributed by atoms with Gasteiger partial charge >= 0.3 is 0 Å². The van der Waals surface area contributed by atoms with Crippen LogP contribution in [0.5, 0.6) is 0 Å². The zero-order chi connectivity index (χ0) is 13.8. The van der Waals surface area contributed by atoms with Gasteiger partial charge in [0, 0.05) is 26.7 Å². The molecule has 2 rings (SSSR count). The van der Waals surface area contributed by atoms with Crippen LogP contribution >= 0.6 is 0 Å². The van der Waals surface area contributed by atoms with Gasteiger partial charge in [0.15, 0.2) is 0 Å². The second-order valence-corrected chi connectivity index (χ2v) is 4.87. The fourth-order valence-corrected chi connectivity index (χ4v) is 2.48. The van der Waals surface area contributed by atoms with Crippen LogP contribution in [0.2, 0.25) is 0 Å². The first-order valence-electron chi connectivity index (χ1n) is 6.71. The molecule has 1 amide bonds. The Balaban J connectivity index is 2.17. The Morgan fingerprint density at radius 1 is 1.37 bits per heavy atom. The molecule has 1 aliphatic heterocycles. The summed E-state index contributed by atoms with van der Waals surface area (Å²) >= 11 is 0. The average Bonchev–Trinajstić information content (AvgIpc) is 2.41. The van der Waals surface area contributed by atoms with Crippen LogP contribution in [0, 0.1) is 0 Å². The molecule has 0 aliphatic carbocycles. The van der Waals surface area contributed by atoms with E-state index in [0.29, 0.717) is 6.54 Å². The molecule has 1 atom stereocenters. The predicted octanol–water partition coefficient (Wildman–Crippen LogP) is 0.406. The zero-order valence-electron chi connectivity index (χ0n) is 11.6. The van der Waals surface area contributed by atoms with Gasteiger partial charge in [-0.1, -0.05) is 19.1 Å². The highest BCUT2D eigenvalue weighted by molar-refractivity contribution is 5.81. The summed E-state index contributed by atoms with van der Waals surface area (Å²) in [6.45, 7) is 5.20. The Morgan fingerprint density at radius 2 is 2.05 bits per heavy atom. The van der Waals surface area contributed by atoms with E-state index in [1.807, 2.05) is 19.1 Å². The molecule has 0 bridgehead atoms. The maximum absolute atomic E-state index is 11.5. The first kappa shape index (κ1) is 13.7. The number of rotatable bonds is 5. The van der Waals surface area contributed by atoms with E-state index in [9.17, 15) is 4.79 Å². The minimum atomic E-state index is -0.304. The summed E-state index contributed by atoms with van der Waals surface area (Å²) in [6, 6.07) is 7.95. The van der Waals surface area contributed by atoms with Gasteiger partial charge in [-0.3, -0.25) is 4.79 Å². The first-order valence-corrected chi connectivity index (χ1v) is 6.71. The maximum atomic E-state index is 11.5. The van der Waals surface area contributed by atoms with Gasteiger partial charge < -0.3 is 20.9 Å². The molecule has 3 N–H and O–H groups in total. The van der Waals surface area contributed by atoms with Crippen LogP contribution in [-0.2, 0) is 4.79 Å². The van der Waals surface area contributed by atoms with Gasteiger partial charge in [-0.15, -0.1) is 0 Å². The van der Waals surface area contributed by atoms with E-state index >= 15 is 0 Å². The molecule has 5 nitrogen and oxygen atoms in total. The van der Waals surface area contributed by atoms with Gasteiger partial charge in [0.05, 0.1) is 11.4 Å². The quantitative estimate of drug-likeness (QED) is 0.806. The summed E-state index contributed by atoms with van der Waals surface area (Å²) in [4.78, 5) is 15.9. The standard InChI is InChI=1S/C14H22N4O/c1-3-16-11(14(15)19)10-18-9-8-17(2)12-6-4-5-7-13(12)18/h4-7,11,16H,3,8-10H2,1-2H3,(H2,15,19). The number of nitrogens with zero attached hydrogens (tertiary/aromatic N) is 2. The number of anilines is 2. The number of hydrogen-bond acceptors (Lipinski definition) is 4. The van der Waals surface area contributed by atoms with Crippen molar-refractivity contribution in [1.29, 1.82) is 0 Å². The topological polar surface area (TPSA) is 61.6 Å². The molecule has 0 saturated heterocycles. The van der Waals surface area contributed by atoms with Crippen molar-refractivity contribution in [2.45, 2.75) is 13.0 Å². The number of carbonyl (C=O) groups excluding carboxylic acids is 1. The summed E-state index contributed by atoms with van der Waals surface area (Å²) < 4.78 is 0. The highest BCUT2D eigenvalue weighted by atomic mass is 16.1. The minimum Gasteiger partial charge on any atom is -0.371 e. The number of fused-ring (bicyclic) bond motifs is 1. The van der Waals surface area contributed by atoms with Crippen molar-refractivity contribution in [1.82, 2.24) is 5.32 Å². The average molecular weight is 262 g/mol. The van der Waals surface area contributed by atoms with Crippen molar-refractivity contribution >= 4 is 17.3 Å². The third-order valence-corrected chi connectivity index (χ3v) is 3.54. The van der Waals surface area contributed by atoms with Gasteiger partial charge in [0.25, 0.3) is 0 Å². The summed E-state index contributed by atoms with van der Waals surface area (Å²) in [5, 5.41) is 3.14. The number of para-hydroxylation sites is 2. The molecule has 104 valence electrons. The summed E-state index contributed by atoms with van der Waals surface area (Å²) in [6.07, 6.45) is 0. The molecule has 1 aromatic rings. The number of likely N-dealkylation sites (N-methyl/N-ethyl adjacent to an activating group) is 2. The predicted molar refractivity (Wildman–Crippen MR) is 78.6 cm³/mol. The van der Waals surface area contributed by atoms with Crippen LogP contribution in [0.4, 0.5) is 11.4 Å². The number of carbonyl (C=O) groups is 1. The van der Waals surface area contributed by atoms with E-state index < -0.39 is 0 Å². The number of nitrogens with one attached hydrogen (secondary N) is 1. The van der Waals surface area contributed by atoms with Crippen LogP contribution in [0.3, 0.4) is 0 Å². The molecule has 0 radical (unpaired) electrons. The molecule has 1 aromatic carbocycles. The fourth-order valence-electron chi connectivity index (χ4n) is 2.48. The Bertz CT molecular complexity index is 449. The maximum Gasteiger partial charge on any atom is 0.236 e. The van der Waals surface area contributed by atoms with E-state index in [-0.39, 0.29) is 11.9 Å². The highest BCUT2D eigenvalue weighted by Gasteiger charge is 2.24. The second kappa shape index (κ2) is 5.93. The van der Waals surface area contributed by atoms with Crippen molar-refractivity contribution < 1.29 is 4.79 Å². The molecular formula is C14H22N4O. The smallest absolute Gasteiger partial charge is 0.236 e. The molecule has 0 saturated carbocycles. The normalized spacial score (nSPS) is 16.1. The lowest BCUT2D eigenvalue weighted by molar-refractivity contribution is -0.119. The minimum absolute atomic E-state index is 0.293. The van der Waals surface area contributed by atoms with Gasteiger partial charge in [0.1, 0.15) is 6.04 Å². The summed E-state index contributed by atoms with van der Waals surface area (Å²) in [7, 11) is 2.09. The van der Waals surface area contributed by atoms with E-state index in [2.05, 4.69) is 34.3 Å². The molecule has 0 fully saturated rings. The SMILES string of the molecule is CCNC(CN1CCN(C)c2ccccc21)C(N)=O. The van der Waals surface area contributed by atoms with E-state index in [0.717, 1.165) is 19.6 Å². The molecule has 1 heterocycles. The van der Waals surface area contributed by atoms with Crippen LogP contribution < -0.4 is 20.9 Å². The molecule has 0 spiro atoms. The Morgan fingerprint density at radius 3 is 2.68 bits per heavy atom. The number of benzene rings is 1. The van der Waals surface area contributed by atoms with Crippen molar-refractivity contribution in [3.63, 3.8) is 0 Å². The van der Waals surface area contributed by atoms with E-state index in [1.54, 1.807) is 0 Å². The van der Waals surface area contributed by atoms with Gasteiger partial charge in [-0.05, 0) is 18.7 Å². The zero-order valence-corrected chi connectivity index (χ0v) is 11.6. The molecule has 19 heavy (non-hydrogen) atoms. The van der Waals surface area contributed by atoms with Crippen LogP contribution in [0.15, 0.2) is 24.3 Å². The Kier molecular flexibility index (Phi) is 4.27. The number of hydrogen-bond donors (Lipinski definition) is 2. The molecular weight excluding hydrogens is 240 g/mol. The number of nitrogens with two attached hydrogens (primary N) is 1.